The van der Waals surface area contributed by atoms with Crippen molar-refractivity contribution >= 4 is 5.69 Å². The van der Waals surface area contributed by atoms with Gasteiger partial charge < -0.3 is 15.2 Å². The Bertz CT molecular complexity index is 620. The zero-order valence-corrected chi connectivity index (χ0v) is 14.5. The molecule has 5 heteroatoms. The van der Waals surface area contributed by atoms with Crippen molar-refractivity contribution in [1.29, 1.82) is 0 Å². The second-order valence-electron chi connectivity index (χ2n) is 5.84. The van der Waals surface area contributed by atoms with Gasteiger partial charge in [-0.25, -0.2) is 0 Å². The van der Waals surface area contributed by atoms with E-state index >= 15 is 0 Å². The molecule has 1 aromatic heterocycles. The summed E-state index contributed by atoms with van der Waals surface area (Å²) in [7, 11) is 1.71. The van der Waals surface area contributed by atoms with Gasteiger partial charge in [0.1, 0.15) is 0 Å². The number of benzene rings is 1. The number of aryl methyl sites for hydroxylation is 1. The first-order chi connectivity index (χ1) is 11.1. The van der Waals surface area contributed by atoms with Crippen LogP contribution in [-0.2, 0) is 17.7 Å². The van der Waals surface area contributed by atoms with Crippen LogP contribution < -0.4 is 5.32 Å². The summed E-state index contributed by atoms with van der Waals surface area (Å²) in [4.78, 5) is 0. The molecule has 2 rings (SSSR count). The van der Waals surface area contributed by atoms with Crippen molar-refractivity contribution in [3.05, 3.63) is 46.8 Å². The van der Waals surface area contributed by atoms with E-state index < -0.39 is 0 Å². The lowest BCUT2D eigenvalue weighted by molar-refractivity contribution is 0.182. The Labute approximate surface area is 138 Å². The summed E-state index contributed by atoms with van der Waals surface area (Å²) >= 11 is 0. The highest BCUT2D eigenvalue weighted by Gasteiger charge is 2.17. The maximum absolute atomic E-state index is 8.97. The molecule has 0 saturated carbocycles. The molecule has 1 heterocycles. The van der Waals surface area contributed by atoms with Crippen molar-refractivity contribution in [3.8, 4) is 0 Å². The van der Waals surface area contributed by atoms with Gasteiger partial charge in [-0.1, -0.05) is 12.1 Å². The van der Waals surface area contributed by atoms with Gasteiger partial charge in [-0.2, -0.15) is 5.10 Å². The first kappa shape index (κ1) is 17.5. The molecule has 0 aliphatic heterocycles. The van der Waals surface area contributed by atoms with E-state index in [0.29, 0.717) is 13.0 Å². The normalized spacial score (nSPS) is 12.4. The number of rotatable bonds is 8. The van der Waals surface area contributed by atoms with Gasteiger partial charge in [-0.3, -0.25) is 4.68 Å². The van der Waals surface area contributed by atoms with E-state index in [1.807, 2.05) is 23.7 Å². The van der Waals surface area contributed by atoms with E-state index in [9.17, 15) is 0 Å². The fraction of sp³-hybridized carbons (Fsp3) is 0.500. The molecule has 2 aromatic rings. The van der Waals surface area contributed by atoms with E-state index in [1.165, 1.54) is 11.3 Å². The summed E-state index contributed by atoms with van der Waals surface area (Å²) in [5.74, 6) is 0. The van der Waals surface area contributed by atoms with Crippen molar-refractivity contribution in [2.24, 2.45) is 0 Å². The zero-order valence-electron chi connectivity index (χ0n) is 14.5. The number of methoxy groups -OCH3 is 1. The smallest absolute Gasteiger partial charge is 0.0658 e. The summed E-state index contributed by atoms with van der Waals surface area (Å²) in [5.41, 5.74) is 5.68. The van der Waals surface area contributed by atoms with Crippen LogP contribution in [0, 0.1) is 13.8 Å². The largest absolute Gasteiger partial charge is 0.396 e. The molecule has 1 unspecified atom stereocenters. The Morgan fingerprint density at radius 3 is 2.57 bits per heavy atom. The Kier molecular flexibility index (Phi) is 6.19. The molecule has 1 aromatic carbocycles. The highest BCUT2D eigenvalue weighted by atomic mass is 16.5. The highest BCUT2D eigenvalue weighted by Crippen LogP contribution is 2.25. The maximum atomic E-state index is 8.97. The van der Waals surface area contributed by atoms with Crippen molar-refractivity contribution in [3.63, 3.8) is 0 Å². The number of nitrogens with zero attached hydrogens (tertiary/aromatic N) is 2. The van der Waals surface area contributed by atoms with Gasteiger partial charge >= 0.3 is 0 Å². The van der Waals surface area contributed by atoms with E-state index in [4.69, 9.17) is 9.84 Å². The average Bonchev–Trinajstić information content (AvgIpc) is 2.81. The molecule has 0 amide bonds. The lowest BCUT2D eigenvalue weighted by Gasteiger charge is -2.17. The molecular formula is C18H27N3O2. The topological polar surface area (TPSA) is 59.3 Å². The van der Waals surface area contributed by atoms with Gasteiger partial charge in [0.15, 0.2) is 0 Å². The van der Waals surface area contributed by atoms with Crippen LogP contribution in [0.3, 0.4) is 0 Å². The maximum Gasteiger partial charge on any atom is 0.0658 e. The molecule has 0 fully saturated rings. The Balaban J connectivity index is 2.10. The molecule has 2 N–H and O–H groups in total. The van der Waals surface area contributed by atoms with Crippen LogP contribution in [0.1, 0.15) is 35.5 Å². The van der Waals surface area contributed by atoms with Gasteiger partial charge in [0.2, 0.25) is 0 Å². The molecule has 0 bridgehead atoms. The summed E-state index contributed by atoms with van der Waals surface area (Å²) in [6.07, 6.45) is 0.695. The van der Waals surface area contributed by atoms with Crippen LogP contribution in [-0.4, -0.2) is 35.2 Å². The number of ether oxygens (including phenoxy) is 1. The minimum atomic E-state index is 0.176. The molecule has 5 nitrogen and oxygen atoms in total. The fourth-order valence-corrected chi connectivity index (χ4v) is 2.95. The highest BCUT2D eigenvalue weighted by molar-refractivity contribution is 5.47. The van der Waals surface area contributed by atoms with Crippen LogP contribution in [0.2, 0.25) is 0 Å². The van der Waals surface area contributed by atoms with E-state index in [2.05, 4.69) is 36.4 Å². The third kappa shape index (κ3) is 4.33. The SMILES string of the molecule is COCCn1nc(C)c(C(C)Nc2ccc(CCO)cc2)c1C. The van der Waals surface area contributed by atoms with Crippen molar-refractivity contribution in [1.82, 2.24) is 9.78 Å². The number of nitrogens with one attached hydrogen (secondary N) is 1. The fourth-order valence-electron chi connectivity index (χ4n) is 2.95. The first-order valence-corrected chi connectivity index (χ1v) is 8.06. The molecule has 0 aliphatic carbocycles. The number of anilines is 1. The quantitative estimate of drug-likeness (QED) is 0.786. The lowest BCUT2D eigenvalue weighted by Crippen LogP contribution is -2.11. The first-order valence-electron chi connectivity index (χ1n) is 8.06. The second-order valence-corrected chi connectivity index (χ2v) is 5.84. The van der Waals surface area contributed by atoms with E-state index in [-0.39, 0.29) is 12.6 Å². The Morgan fingerprint density at radius 1 is 1.26 bits per heavy atom. The van der Waals surface area contributed by atoms with Gasteiger partial charge in [-0.15, -0.1) is 0 Å². The van der Waals surface area contributed by atoms with E-state index in [0.717, 1.165) is 23.5 Å². The lowest BCUT2D eigenvalue weighted by atomic mass is 10.1. The zero-order chi connectivity index (χ0) is 16.8. The van der Waals surface area contributed by atoms with Gasteiger partial charge in [0.25, 0.3) is 0 Å². The van der Waals surface area contributed by atoms with Crippen molar-refractivity contribution < 1.29 is 9.84 Å². The van der Waals surface area contributed by atoms with Crippen molar-refractivity contribution in [2.45, 2.75) is 39.8 Å². The predicted molar refractivity (Wildman–Crippen MR) is 92.8 cm³/mol. The Morgan fingerprint density at radius 2 is 1.96 bits per heavy atom. The summed E-state index contributed by atoms with van der Waals surface area (Å²) in [6, 6.07) is 8.39. The van der Waals surface area contributed by atoms with E-state index in [1.54, 1.807) is 7.11 Å². The molecule has 0 aliphatic rings. The summed E-state index contributed by atoms with van der Waals surface area (Å²) < 4.78 is 7.15. The van der Waals surface area contributed by atoms with Crippen molar-refractivity contribution in [2.75, 3.05) is 25.6 Å². The monoisotopic (exact) mass is 317 g/mol. The van der Waals surface area contributed by atoms with Gasteiger partial charge in [0, 0.05) is 30.7 Å². The van der Waals surface area contributed by atoms with Crippen LogP contribution in [0.4, 0.5) is 5.69 Å². The average molecular weight is 317 g/mol. The molecular weight excluding hydrogens is 290 g/mol. The molecule has 0 saturated heterocycles. The minimum absolute atomic E-state index is 0.176. The number of aliphatic hydroxyl groups is 1. The molecule has 0 radical (unpaired) electrons. The van der Waals surface area contributed by atoms with Crippen LogP contribution in [0.15, 0.2) is 24.3 Å². The van der Waals surface area contributed by atoms with Crippen LogP contribution in [0.25, 0.3) is 0 Å². The third-order valence-electron chi connectivity index (χ3n) is 4.12. The third-order valence-corrected chi connectivity index (χ3v) is 4.12. The van der Waals surface area contributed by atoms with Gasteiger partial charge in [-0.05, 0) is 44.9 Å². The summed E-state index contributed by atoms with van der Waals surface area (Å²) in [5, 5.41) is 17.1. The molecule has 0 spiro atoms. The number of hydrogen-bond donors (Lipinski definition) is 2. The van der Waals surface area contributed by atoms with Crippen LogP contribution in [0.5, 0.6) is 0 Å². The number of aliphatic hydroxyl groups excluding tert-OH is 1. The van der Waals surface area contributed by atoms with Gasteiger partial charge in [0.05, 0.1) is 24.9 Å². The molecule has 126 valence electrons. The molecule has 1 atom stereocenters. The number of hydrogen-bond acceptors (Lipinski definition) is 4. The summed E-state index contributed by atoms with van der Waals surface area (Å²) in [6.45, 7) is 7.92. The Hall–Kier alpha value is -1.85. The van der Waals surface area contributed by atoms with Crippen LogP contribution >= 0.6 is 0 Å². The second kappa shape index (κ2) is 8.13. The number of aromatic nitrogens is 2. The standard InChI is InChI=1S/C18H27N3O2/c1-13(19-17-7-5-16(6-8-17)9-11-22)18-14(2)20-21(15(18)3)10-12-23-4/h5-8,13,19,22H,9-12H2,1-4H3. The molecule has 23 heavy (non-hydrogen) atoms. The predicted octanol–water partition coefficient (Wildman–Crippen LogP) is 2.85. The minimum Gasteiger partial charge on any atom is -0.396 e.